The largest absolute Gasteiger partial charge is 0.356 e. The monoisotopic (exact) mass is 328 g/mol. The van der Waals surface area contributed by atoms with Crippen LogP contribution < -0.4 is 10.6 Å². The van der Waals surface area contributed by atoms with Crippen molar-refractivity contribution in [2.24, 2.45) is 0 Å². The first-order valence-electron chi connectivity index (χ1n) is 7.95. The smallest absolute Gasteiger partial charge is 0.224 e. The fourth-order valence-electron chi connectivity index (χ4n) is 2.24. The minimum absolute atomic E-state index is 0.0969. The van der Waals surface area contributed by atoms with Crippen LogP contribution in [-0.2, 0) is 22.4 Å². The van der Waals surface area contributed by atoms with E-state index in [1.165, 1.54) is 12.1 Å². The Labute approximate surface area is 141 Å². The molecule has 4 nitrogen and oxygen atoms in total. The summed E-state index contributed by atoms with van der Waals surface area (Å²) >= 11 is 0. The van der Waals surface area contributed by atoms with Crippen molar-refractivity contribution in [3.8, 4) is 0 Å². The molecule has 0 fully saturated rings. The highest BCUT2D eigenvalue weighted by atomic mass is 19.1. The number of halogens is 1. The van der Waals surface area contributed by atoms with Crippen molar-refractivity contribution in [2.45, 2.75) is 19.3 Å². The Morgan fingerprint density at radius 1 is 0.792 bits per heavy atom. The summed E-state index contributed by atoms with van der Waals surface area (Å²) < 4.78 is 12.8. The number of hydrogen-bond acceptors (Lipinski definition) is 2. The summed E-state index contributed by atoms with van der Waals surface area (Å²) in [5, 5.41) is 5.52. The molecular formula is C19H21FN2O2. The van der Waals surface area contributed by atoms with E-state index in [4.69, 9.17) is 0 Å². The molecule has 0 spiro atoms. The molecule has 0 aliphatic carbocycles. The molecule has 126 valence electrons. The van der Waals surface area contributed by atoms with Crippen LogP contribution in [0.4, 0.5) is 4.39 Å². The predicted molar refractivity (Wildman–Crippen MR) is 90.9 cm³/mol. The molecule has 24 heavy (non-hydrogen) atoms. The van der Waals surface area contributed by atoms with Gasteiger partial charge in [0.05, 0.1) is 6.42 Å². The van der Waals surface area contributed by atoms with Crippen LogP contribution in [-0.4, -0.2) is 24.9 Å². The second kappa shape index (κ2) is 9.45. The second-order valence-corrected chi connectivity index (χ2v) is 5.49. The highest BCUT2D eigenvalue weighted by Gasteiger charge is 2.05. The lowest BCUT2D eigenvalue weighted by atomic mass is 10.1. The number of carbonyl (C=O) groups excluding carboxylic acids is 2. The first-order valence-corrected chi connectivity index (χ1v) is 7.95. The van der Waals surface area contributed by atoms with Crippen molar-refractivity contribution in [3.63, 3.8) is 0 Å². The quantitative estimate of drug-likeness (QED) is 0.781. The lowest BCUT2D eigenvalue weighted by Gasteiger charge is -2.07. The predicted octanol–water partition coefficient (Wildman–Crippen LogP) is 2.23. The lowest BCUT2D eigenvalue weighted by Crippen LogP contribution is -2.32. The first-order chi connectivity index (χ1) is 11.6. The minimum atomic E-state index is -0.269. The first kappa shape index (κ1) is 17.7. The van der Waals surface area contributed by atoms with Crippen LogP contribution in [0, 0.1) is 5.82 Å². The van der Waals surface area contributed by atoms with Crippen LogP contribution in [0.1, 0.15) is 17.5 Å². The average Bonchev–Trinajstić information content (AvgIpc) is 2.57. The molecule has 0 heterocycles. The Hall–Kier alpha value is -2.69. The summed E-state index contributed by atoms with van der Waals surface area (Å²) in [4.78, 5) is 23.5. The number of hydrogen-bond donors (Lipinski definition) is 2. The Balaban J connectivity index is 1.57. The van der Waals surface area contributed by atoms with Crippen LogP contribution in [0.15, 0.2) is 54.6 Å². The van der Waals surface area contributed by atoms with E-state index < -0.39 is 0 Å². The molecule has 2 aromatic carbocycles. The van der Waals surface area contributed by atoms with Crippen LogP contribution in [0.2, 0.25) is 0 Å². The van der Waals surface area contributed by atoms with Gasteiger partial charge < -0.3 is 10.6 Å². The zero-order valence-electron chi connectivity index (χ0n) is 13.4. The van der Waals surface area contributed by atoms with Crippen molar-refractivity contribution >= 4 is 11.8 Å². The summed E-state index contributed by atoms with van der Waals surface area (Å²) in [5.41, 5.74) is 1.91. The molecule has 0 bridgehead atoms. The second-order valence-electron chi connectivity index (χ2n) is 5.49. The number of nitrogens with one attached hydrogen (secondary N) is 2. The molecular weight excluding hydrogens is 307 g/mol. The molecule has 2 aromatic rings. The summed E-state index contributed by atoms with van der Waals surface area (Å²) in [7, 11) is 0. The summed E-state index contributed by atoms with van der Waals surface area (Å²) in [5.74, 6) is -0.480. The Morgan fingerprint density at radius 3 is 2.17 bits per heavy atom. The number of benzene rings is 2. The molecule has 0 radical (unpaired) electrons. The van der Waals surface area contributed by atoms with E-state index in [9.17, 15) is 14.0 Å². The van der Waals surface area contributed by atoms with Gasteiger partial charge in [-0.05, 0) is 29.7 Å². The van der Waals surface area contributed by atoms with Crippen LogP contribution in [0.5, 0.6) is 0 Å². The summed E-state index contributed by atoms with van der Waals surface area (Å²) in [6.45, 7) is 0.802. The molecule has 2 rings (SSSR count). The minimum Gasteiger partial charge on any atom is -0.356 e. The van der Waals surface area contributed by atoms with Gasteiger partial charge in [-0.15, -0.1) is 0 Å². The van der Waals surface area contributed by atoms with Crippen LogP contribution in [0.3, 0.4) is 0 Å². The Morgan fingerprint density at radius 2 is 1.46 bits per heavy atom. The zero-order valence-corrected chi connectivity index (χ0v) is 13.4. The molecule has 2 N–H and O–H groups in total. The van der Waals surface area contributed by atoms with Crippen molar-refractivity contribution in [3.05, 3.63) is 71.5 Å². The van der Waals surface area contributed by atoms with Gasteiger partial charge in [-0.1, -0.05) is 42.5 Å². The van der Waals surface area contributed by atoms with Gasteiger partial charge in [0.1, 0.15) is 5.82 Å². The van der Waals surface area contributed by atoms with Gasteiger partial charge in [-0.2, -0.15) is 0 Å². The van der Waals surface area contributed by atoms with Gasteiger partial charge in [0.15, 0.2) is 0 Å². The van der Waals surface area contributed by atoms with Crippen molar-refractivity contribution in [1.29, 1.82) is 0 Å². The fourth-order valence-corrected chi connectivity index (χ4v) is 2.24. The number of carbonyl (C=O) groups is 2. The SMILES string of the molecule is O=C(CCNC(=O)Cc1ccccc1)NCCc1ccc(F)cc1. The van der Waals surface area contributed by atoms with E-state index in [0.29, 0.717) is 25.9 Å². The van der Waals surface area contributed by atoms with Gasteiger partial charge in [0.2, 0.25) is 11.8 Å². The molecule has 2 amide bonds. The molecule has 0 unspecified atom stereocenters. The van der Waals surface area contributed by atoms with Gasteiger partial charge in [-0.25, -0.2) is 4.39 Å². The maximum Gasteiger partial charge on any atom is 0.224 e. The molecule has 0 aliphatic heterocycles. The van der Waals surface area contributed by atoms with Gasteiger partial charge in [0, 0.05) is 19.5 Å². The lowest BCUT2D eigenvalue weighted by molar-refractivity contribution is -0.122. The fraction of sp³-hybridized carbons (Fsp3) is 0.263. The van der Waals surface area contributed by atoms with E-state index in [0.717, 1.165) is 11.1 Å². The summed E-state index contributed by atoms with van der Waals surface area (Å²) in [6, 6.07) is 15.7. The van der Waals surface area contributed by atoms with Crippen molar-refractivity contribution in [2.75, 3.05) is 13.1 Å². The van der Waals surface area contributed by atoms with Gasteiger partial charge in [-0.3, -0.25) is 9.59 Å². The number of rotatable bonds is 8. The summed E-state index contributed by atoms with van der Waals surface area (Å²) in [6.07, 6.45) is 1.20. The molecule has 0 saturated heterocycles. The molecule has 0 atom stereocenters. The van der Waals surface area contributed by atoms with Crippen molar-refractivity contribution in [1.82, 2.24) is 10.6 Å². The van der Waals surface area contributed by atoms with E-state index in [1.807, 2.05) is 30.3 Å². The zero-order chi connectivity index (χ0) is 17.2. The average molecular weight is 328 g/mol. The molecule has 5 heteroatoms. The van der Waals surface area contributed by atoms with Crippen molar-refractivity contribution < 1.29 is 14.0 Å². The standard InChI is InChI=1S/C19H21FN2O2/c20-17-8-6-15(7-9-17)10-12-21-18(23)11-13-22-19(24)14-16-4-2-1-3-5-16/h1-9H,10-14H2,(H,21,23)(H,22,24). The highest BCUT2D eigenvalue weighted by Crippen LogP contribution is 2.02. The van der Waals surface area contributed by atoms with Gasteiger partial charge >= 0.3 is 0 Å². The highest BCUT2D eigenvalue weighted by molar-refractivity contribution is 5.80. The third-order valence-corrected chi connectivity index (χ3v) is 3.53. The Bertz CT molecular complexity index is 657. The topological polar surface area (TPSA) is 58.2 Å². The van der Waals surface area contributed by atoms with E-state index in [-0.39, 0.29) is 24.1 Å². The van der Waals surface area contributed by atoms with Gasteiger partial charge in [0.25, 0.3) is 0 Å². The van der Waals surface area contributed by atoms with Crippen LogP contribution >= 0.6 is 0 Å². The Kier molecular flexibility index (Phi) is 6.95. The third-order valence-electron chi connectivity index (χ3n) is 3.53. The van der Waals surface area contributed by atoms with Crippen LogP contribution in [0.25, 0.3) is 0 Å². The maximum atomic E-state index is 12.8. The molecule has 0 aromatic heterocycles. The molecule has 0 saturated carbocycles. The third kappa shape index (κ3) is 6.60. The maximum absolute atomic E-state index is 12.8. The number of amides is 2. The van der Waals surface area contributed by atoms with E-state index in [2.05, 4.69) is 10.6 Å². The van der Waals surface area contributed by atoms with E-state index in [1.54, 1.807) is 12.1 Å². The van der Waals surface area contributed by atoms with E-state index >= 15 is 0 Å². The normalized spacial score (nSPS) is 10.2. The molecule has 0 aliphatic rings.